The van der Waals surface area contributed by atoms with E-state index in [1.807, 2.05) is 17.5 Å². The Morgan fingerprint density at radius 2 is 2.29 bits per heavy atom. The number of pyridine rings is 1. The van der Waals surface area contributed by atoms with Gasteiger partial charge in [0.2, 0.25) is 0 Å². The van der Waals surface area contributed by atoms with Crippen molar-refractivity contribution < 1.29 is 9.53 Å². The zero-order valence-corrected chi connectivity index (χ0v) is 10.9. The molecule has 0 fully saturated rings. The molecule has 17 heavy (non-hydrogen) atoms. The van der Waals surface area contributed by atoms with E-state index in [-0.39, 0.29) is 22.3 Å². The predicted octanol–water partition coefficient (Wildman–Crippen LogP) is 3.81. The highest BCUT2D eigenvalue weighted by Gasteiger charge is 2.10. The Morgan fingerprint density at radius 1 is 1.47 bits per heavy atom. The van der Waals surface area contributed by atoms with Crippen LogP contribution in [0.2, 0.25) is 10.2 Å². The van der Waals surface area contributed by atoms with Crippen LogP contribution in [0.4, 0.5) is 0 Å². The molecule has 0 radical (unpaired) electrons. The lowest BCUT2D eigenvalue weighted by atomic mass is 10.3. The summed E-state index contributed by atoms with van der Waals surface area (Å²) in [5, 5.41) is 2.32. The summed E-state index contributed by atoms with van der Waals surface area (Å²) < 4.78 is 5.10. The summed E-state index contributed by atoms with van der Waals surface area (Å²) in [4.78, 5) is 16.4. The van der Waals surface area contributed by atoms with E-state index in [1.54, 1.807) is 0 Å². The van der Waals surface area contributed by atoms with Crippen LogP contribution in [0.15, 0.2) is 29.8 Å². The Kier molecular flexibility index (Phi) is 3.99. The van der Waals surface area contributed by atoms with Gasteiger partial charge in [-0.3, -0.25) is 0 Å². The van der Waals surface area contributed by atoms with Crippen molar-refractivity contribution in [1.29, 1.82) is 0 Å². The van der Waals surface area contributed by atoms with Gasteiger partial charge in [-0.15, -0.1) is 11.3 Å². The third-order valence-electron chi connectivity index (χ3n) is 1.96. The quantitative estimate of drug-likeness (QED) is 0.637. The lowest BCUT2D eigenvalue weighted by Gasteiger charge is -2.03. The minimum atomic E-state index is -0.468. The molecule has 2 heterocycles. The van der Waals surface area contributed by atoms with Gasteiger partial charge in [0.25, 0.3) is 0 Å². The number of hydrogen-bond donors (Lipinski definition) is 0. The van der Waals surface area contributed by atoms with Gasteiger partial charge in [0.05, 0.1) is 10.6 Å². The van der Waals surface area contributed by atoms with Crippen molar-refractivity contribution in [2.24, 2.45) is 0 Å². The summed E-state index contributed by atoms with van der Waals surface area (Å²) >= 11 is 12.9. The van der Waals surface area contributed by atoms with Crippen molar-refractivity contribution in [3.8, 4) is 0 Å². The summed E-state index contributed by atoms with van der Waals surface area (Å²) in [5.74, 6) is -0.468. The fourth-order valence-corrected chi connectivity index (χ4v) is 2.03. The van der Waals surface area contributed by atoms with Crippen LogP contribution in [0.25, 0.3) is 0 Å². The van der Waals surface area contributed by atoms with E-state index in [0.717, 1.165) is 4.88 Å². The summed E-state index contributed by atoms with van der Waals surface area (Å²) in [6.07, 6.45) is 1.34. The van der Waals surface area contributed by atoms with Gasteiger partial charge < -0.3 is 4.74 Å². The molecule has 0 N–H and O–H groups in total. The number of halogens is 2. The zero-order chi connectivity index (χ0) is 12.3. The van der Waals surface area contributed by atoms with Crippen molar-refractivity contribution in [3.05, 3.63) is 50.4 Å². The first-order chi connectivity index (χ1) is 8.16. The van der Waals surface area contributed by atoms with Crippen LogP contribution in [-0.4, -0.2) is 11.0 Å². The maximum atomic E-state index is 11.6. The summed E-state index contributed by atoms with van der Waals surface area (Å²) in [7, 11) is 0. The fourth-order valence-electron chi connectivity index (χ4n) is 1.15. The standard InChI is InChI=1S/C11H7Cl2NO2S/c12-9-4-7(5-14-10(9)13)11(15)16-6-8-2-1-3-17-8/h1-5H,6H2. The number of carbonyl (C=O) groups excluding carboxylic acids is 1. The van der Waals surface area contributed by atoms with Gasteiger partial charge in [-0.05, 0) is 17.5 Å². The van der Waals surface area contributed by atoms with Crippen LogP contribution >= 0.6 is 34.5 Å². The van der Waals surface area contributed by atoms with Crippen LogP contribution in [0, 0.1) is 0 Å². The topological polar surface area (TPSA) is 39.2 Å². The molecular weight excluding hydrogens is 281 g/mol. The Morgan fingerprint density at radius 3 is 2.94 bits per heavy atom. The molecule has 0 spiro atoms. The molecule has 2 aromatic rings. The van der Waals surface area contributed by atoms with Gasteiger partial charge in [0.1, 0.15) is 11.8 Å². The number of hydrogen-bond acceptors (Lipinski definition) is 4. The highest BCUT2D eigenvalue weighted by molar-refractivity contribution is 7.09. The largest absolute Gasteiger partial charge is 0.456 e. The van der Waals surface area contributed by atoms with Gasteiger partial charge in [-0.2, -0.15) is 0 Å². The number of thiophene rings is 1. The number of ether oxygens (including phenoxy) is 1. The van der Waals surface area contributed by atoms with E-state index in [2.05, 4.69) is 4.98 Å². The maximum absolute atomic E-state index is 11.6. The average molecular weight is 288 g/mol. The lowest BCUT2D eigenvalue weighted by Crippen LogP contribution is -2.05. The summed E-state index contributed by atoms with van der Waals surface area (Å²) in [5.41, 5.74) is 0.288. The number of esters is 1. The predicted molar refractivity (Wildman–Crippen MR) is 67.7 cm³/mol. The number of aromatic nitrogens is 1. The van der Waals surface area contributed by atoms with Crippen LogP contribution in [-0.2, 0) is 11.3 Å². The number of rotatable bonds is 3. The third kappa shape index (κ3) is 3.19. The first-order valence-electron chi connectivity index (χ1n) is 4.67. The molecule has 0 aliphatic carbocycles. The minimum absolute atomic E-state index is 0.168. The van der Waals surface area contributed by atoms with Gasteiger partial charge in [-0.1, -0.05) is 29.3 Å². The first-order valence-corrected chi connectivity index (χ1v) is 6.31. The highest BCUT2D eigenvalue weighted by atomic mass is 35.5. The van der Waals surface area contributed by atoms with Crippen LogP contribution < -0.4 is 0 Å². The van der Waals surface area contributed by atoms with Gasteiger partial charge in [-0.25, -0.2) is 9.78 Å². The van der Waals surface area contributed by atoms with E-state index in [1.165, 1.54) is 23.6 Å². The maximum Gasteiger partial charge on any atom is 0.340 e. The summed E-state index contributed by atoms with van der Waals surface area (Å²) in [6.45, 7) is 0.247. The van der Waals surface area contributed by atoms with E-state index in [0.29, 0.717) is 0 Å². The molecule has 0 aliphatic rings. The molecule has 0 saturated heterocycles. The molecular formula is C11H7Cl2NO2S. The van der Waals surface area contributed by atoms with Gasteiger partial charge in [0, 0.05) is 11.1 Å². The molecule has 0 amide bonds. The minimum Gasteiger partial charge on any atom is -0.456 e. The average Bonchev–Trinajstić information content (AvgIpc) is 2.82. The van der Waals surface area contributed by atoms with Crippen molar-refractivity contribution >= 4 is 40.5 Å². The van der Waals surface area contributed by atoms with E-state index >= 15 is 0 Å². The Balaban J connectivity index is 2.02. The van der Waals surface area contributed by atoms with E-state index in [4.69, 9.17) is 27.9 Å². The van der Waals surface area contributed by atoms with Crippen molar-refractivity contribution in [2.45, 2.75) is 6.61 Å². The monoisotopic (exact) mass is 287 g/mol. The van der Waals surface area contributed by atoms with Crippen molar-refractivity contribution in [2.75, 3.05) is 0 Å². The third-order valence-corrected chi connectivity index (χ3v) is 3.49. The van der Waals surface area contributed by atoms with Crippen molar-refractivity contribution in [3.63, 3.8) is 0 Å². The van der Waals surface area contributed by atoms with Gasteiger partial charge in [0.15, 0.2) is 0 Å². The van der Waals surface area contributed by atoms with Gasteiger partial charge >= 0.3 is 5.97 Å². The molecule has 0 unspecified atom stereocenters. The van der Waals surface area contributed by atoms with Crippen LogP contribution in [0.3, 0.4) is 0 Å². The van der Waals surface area contributed by atoms with E-state index < -0.39 is 5.97 Å². The molecule has 0 saturated carbocycles. The number of nitrogens with zero attached hydrogens (tertiary/aromatic N) is 1. The van der Waals surface area contributed by atoms with E-state index in [9.17, 15) is 4.79 Å². The van der Waals surface area contributed by atoms with Crippen LogP contribution in [0.1, 0.15) is 15.2 Å². The molecule has 6 heteroatoms. The smallest absolute Gasteiger partial charge is 0.340 e. The fraction of sp³-hybridized carbons (Fsp3) is 0.0909. The Labute approximate surface area is 112 Å². The molecule has 0 aromatic carbocycles. The number of carbonyl (C=O) groups is 1. The molecule has 2 aromatic heterocycles. The summed E-state index contributed by atoms with van der Waals surface area (Å²) in [6, 6.07) is 5.23. The first kappa shape index (κ1) is 12.4. The van der Waals surface area contributed by atoms with Crippen molar-refractivity contribution in [1.82, 2.24) is 4.98 Å². The SMILES string of the molecule is O=C(OCc1cccs1)c1cnc(Cl)c(Cl)c1. The van der Waals surface area contributed by atoms with Crippen LogP contribution in [0.5, 0.6) is 0 Å². The molecule has 88 valence electrons. The Hall–Kier alpha value is -1.10. The Bertz CT molecular complexity index is 528. The second kappa shape index (κ2) is 5.49. The molecule has 0 bridgehead atoms. The molecule has 2 rings (SSSR count). The molecule has 3 nitrogen and oxygen atoms in total. The normalized spacial score (nSPS) is 10.2. The lowest BCUT2D eigenvalue weighted by molar-refractivity contribution is 0.0476. The zero-order valence-electron chi connectivity index (χ0n) is 8.52. The molecule has 0 atom stereocenters. The second-order valence-electron chi connectivity index (χ2n) is 3.15. The second-order valence-corrected chi connectivity index (χ2v) is 4.95. The molecule has 0 aliphatic heterocycles. The highest BCUT2D eigenvalue weighted by Crippen LogP contribution is 2.20.